The Hall–Kier alpha value is -2.03. The van der Waals surface area contributed by atoms with Gasteiger partial charge in [0, 0.05) is 28.9 Å². The molecule has 1 aromatic carbocycles. The van der Waals surface area contributed by atoms with Crippen molar-refractivity contribution in [1.82, 2.24) is 19.7 Å². The van der Waals surface area contributed by atoms with Crippen molar-refractivity contribution in [1.29, 1.82) is 0 Å². The van der Waals surface area contributed by atoms with E-state index in [2.05, 4.69) is 37.0 Å². The normalized spacial score (nSPS) is 19.5. The number of hydrogen-bond acceptors (Lipinski definition) is 6. The van der Waals surface area contributed by atoms with Gasteiger partial charge in [-0.3, -0.25) is 4.79 Å². The minimum absolute atomic E-state index is 0.153. The standard InChI is InChI=1S/C22H23BrClN5O2/c1-14(30)2-5-31-10-15-9-22(3-4-22)11-28(15)21-8-20(29-13-25-12-26-29)16-6-18(24)17(23)7-19(16)27-21/h6-8,12-13,15H,2-5,9-11H2,1H3/t15-/m0/s1. The molecular weight excluding hydrogens is 482 g/mol. The minimum Gasteiger partial charge on any atom is -0.379 e. The van der Waals surface area contributed by atoms with E-state index in [0.29, 0.717) is 30.1 Å². The first-order valence-corrected chi connectivity index (χ1v) is 11.6. The zero-order valence-electron chi connectivity index (χ0n) is 17.2. The number of halogens is 2. The lowest BCUT2D eigenvalue weighted by atomic mass is 10.0. The van der Waals surface area contributed by atoms with E-state index in [1.54, 1.807) is 17.9 Å². The maximum Gasteiger partial charge on any atom is 0.138 e. The van der Waals surface area contributed by atoms with Gasteiger partial charge in [0.2, 0.25) is 0 Å². The third-order valence-electron chi connectivity index (χ3n) is 6.26. The van der Waals surface area contributed by atoms with Gasteiger partial charge in [-0.15, -0.1) is 0 Å². The van der Waals surface area contributed by atoms with Crippen molar-refractivity contribution in [2.75, 3.05) is 24.7 Å². The highest BCUT2D eigenvalue weighted by molar-refractivity contribution is 9.10. The van der Waals surface area contributed by atoms with Crippen LogP contribution in [0.15, 0.2) is 35.3 Å². The zero-order valence-corrected chi connectivity index (χ0v) is 19.6. The Balaban J connectivity index is 1.52. The predicted molar refractivity (Wildman–Crippen MR) is 123 cm³/mol. The molecule has 2 aromatic heterocycles. The van der Waals surface area contributed by atoms with Crippen molar-refractivity contribution in [2.24, 2.45) is 5.41 Å². The van der Waals surface area contributed by atoms with Crippen molar-refractivity contribution in [3.8, 4) is 5.69 Å². The summed E-state index contributed by atoms with van der Waals surface area (Å²) in [6.45, 7) is 3.63. The quantitative estimate of drug-likeness (QED) is 0.438. The molecule has 0 radical (unpaired) electrons. The Morgan fingerprint density at radius 3 is 2.90 bits per heavy atom. The molecule has 1 saturated carbocycles. The summed E-state index contributed by atoms with van der Waals surface area (Å²) in [5.74, 6) is 1.05. The van der Waals surface area contributed by atoms with Gasteiger partial charge >= 0.3 is 0 Å². The fourth-order valence-corrected chi connectivity index (χ4v) is 4.91. The number of pyridine rings is 1. The van der Waals surface area contributed by atoms with Gasteiger partial charge in [0.15, 0.2) is 0 Å². The number of aromatic nitrogens is 4. The van der Waals surface area contributed by atoms with Crippen LogP contribution < -0.4 is 4.90 Å². The fraction of sp³-hybridized carbons (Fsp3) is 0.455. The van der Waals surface area contributed by atoms with Gasteiger partial charge in [-0.05, 0) is 59.7 Å². The van der Waals surface area contributed by atoms with Crippen molar-refractivity contribution in [3.05, 3.63) is 40.3 Å². The molecule has 7 nitrogen and oxygen atoms in total. The number of rotatable bonds is 7. The summed E-state index contributed by atoms with van der Waals surface area (Å²) >= 11 is 9.90. The highest BCUT2D eigenvalue weighted by Crippen LogP contribution is 2.55. The summed E-state index contributed by atoms with van der Waals surface area (Å²) in [5, 5.41) is 5.88. The van der Waals surface area contributed by atoms with Crippen LogP contribution in [-0.2, 0) is 9.53 Å². The SMILES string of the molecule is CC(=O)CCOC[C@@H]1CC2(CC2)CN1c1cc(-n2cncn2)c2cc(Cl)c(Br)cc2n1. The van der Waals surface area contributed by atoms with Crippen molar-refractivity contribution >= 4 is 50.0 Å². The molecule has 2 fully saturated rings. The predicted octanol–water partition coefficient (Wildman–Crippen LogP) is 4.59. The molecule has 5 rings (SSSR count). The van der Waals surface area contributed by atoms with Crippen molar-refractivity contribution in [3.63, 3.8) is 0 Å². The molecule has 0 unspecified atom stereocenters. The van der Waals surface area contributed by atoms with Gasteiger partial charge in [-0.2, -0.15) is 5.10 Å². The molecule has 1 aliphatic carbocycles. The zero-order chi connectivity index (χ0) is 21.6. The van der Waals surface area contributed by atoms with Crippen LogP contribution in [0.3, 0.4) is 0 Å². The summed E-state index contributed by atoms with van der Waals surface area (Å²) < 4.78 is 8.44. The van der Waals surface area contributed by atoms with E-state index in [1.165, 1.54) is 19.2 Å². The largest absolute Gasteiger partial charge is 0.379 e. The lowest BCUT2D eigenvalue weighted by Gasteiger charge is -2.26. The molecular formula is C22H23BrClN5O2. The molecule has 3 heterocycles. The second-order valence-corrected chi connectivity index (χ2v) is 9.90. The molecule has 31 heavy (non-hydrogen) atoms. The van der Waals surface area contributed by atoms with E-state index >= 15 is 0 Å². The topological polar surface area (TPSA) is 73.1 Å². The molecule has 0 N–H and O–H groups in total. The molecule has 2 aliphatic rings. The Labute approximate surface area is 193 Å². The van der Waals surface area contributed by atoms with E-state index in [9.17, 15) is 4.79 Å². The van der Waals surface area contributed by atoms with Crippen LogP contribution in [0.1, 0.15) is 32.6 Å². The summed E-state index contributed by atoms with van der Waals surface area (Å²) in [6.07, 6.45) is 7.25. The molecule has 162 valence electrons. The molecule has 0 amide bonds. The average Bonchev–Trinajstić information content (AvgIpc) is 3.13. The Kier molecular flexibility index (Phi) is 5.48. The first-order valence-electron chi connectivity index (χ1n) is 10.4. The lowest BCUT2D eigenvalue weighted by molar-refractivity contribution is -0.118. The van der Waals surface area contributed by atoms with Crippen LogP contribution in [0.5, 0.6) is 0 Å². The third-order valence-corrected chi connectivity index (χ3v) is 7.45. The number of nitrogens with zero attached hydrogens (tertiary/aromatic N) is 5. The molecule has 1 saturated heterocycles. The number of ketones is 1. The van der Waals surface area contributed by atoms with Crippen LogP contribution in [-0.4, -0.2) is 51.3 Å². The molecule has 9 heteroatoms. The average molecular weight is 505 g/mol. The van der Waals surface area contributed by atoms with Crippen molar-refractivity contribution < 1.29 is 9.53 Å². The number of Topliss-reactive ketones (excluding diaryl/α,β-unsaturated/α-hetero) is 1. The number of anilines is 1. The van der Waals surface area contributed by atoms with E-state index in [1.807, 2.05) is 12.1 Å². The van der Waals surface area contributed by atoms with Crippen LogP contribution in [0.2, 0.25) is 5.02 Å². The summed E-state index contributed by atoms with van der Waals surface area (Å²) in [4.78, 5) is 22.7. The van der Waals surface area contributed by atoms with Crippen LogP contribution in [0.25, 0.3) is 16.6 Å². The Morgan fingerprint density at radius 1 is 1.35 bits per heavy atom. The van der Waals surface area contributed by atoms with Crippen LogP contribution >= 0.6 is 27.5 Å². The molecule has 1 aliphatic heterocycles. The number of hydrogen-bond donors (Lipinski definition) is 0. The van der Waals surface area contributed by atoms with Crippen LogP contribution in [0.4, 0.5) is 5.82 Å². The monoisotopic (exact) mass is 503 g/mol. The fourth-order valence-electron chi connectivity index (χ4n) is 4.42. The summed E-state index contributed by atoms with van der Waals surface area (Å²) in [6, 6.07) is 6.15. The van der Waals surface area contributed by atoms with Gasteiger partial charge in [0.1, 0.15) is 24.3 Å². The Morgan fingerprint density at radius 2 is 2.19 bits per heavy atom. The van der Waals surface area contributed by atoms with Gasteiger partial charge in [0.05, 0.1) is 35.5 Å². The van der Waals surface area contributed by atoms with E-state index in [4.69, 9.17) is 21.3 Å². The number of carbonyl (C=O) groups excluding carboxylic acids is 1. The summed E-state index contributed by atoms with van der Waals surface area (Å²) in [7, 11) is 0. The van der Waals surface area contributed by atoms with Gasteiger partial charge in [0.25, 0.3) is 0 Å². The number of carbonyl (C=O) groups is 1. The van der Waals surface area contributed by atoms with Crippen molar-refractivity contribution in [2.45, 2.75) is 38.6 Å². The minimum atomic E-state index is 0.153. The number of fused-ring (bicyclic) bond motifs is 1. The van der Waals surface area contributed by atoms with E-state index in [0.717, 1.165) is 39.8 Å². The van der Waals surface area contributed by atoms with Gasteiger partial charge in [-0.1, -0.05) is 11.6 Å². The van der Waals surface area contributed by atoms with E-state index < -0.39 is 0 Å². The summed E-state index contributed by atoms with van der Waals surface area (Å²) in [5.41, 5.74) is 2.10. The molecule has 1 spiro atoms. The second kappa shape index (κ2) is 8.15. The Bertz CT molecular complexity index is 1130. The van der Waals surface area contributed by atoms with E-state index in [-0.39, 0.29) is 11.8 Å². The van der Waals surface area contributed by atoms with Gasteiger partial charge < -0.3 is 9.64 Å². The maximum atomic E-state index is 11.2. The van der Waals surface area contributed by atoms with Gasteiger partial charge in [-0.25, -0.2) is 14.6 Å². The smallest absolute Gasteiger partial charge is 0.138 e. The molecule has 1 atom stereocenters. The highest BCUT2D eigenvalue weighted by atomic mass is 79.9. The maximum absolute atomic E-state index is 11.2. The first-order chi connectivity index (χ1) is 14.9. The lowest BCUT2D eigenvalue weighted by Crippen LogP contribution is -2.34. The number of ether oxygens (including phenoxy) is 1. The second-order valence-electron chi connectivity index (χ2n) is 8.64. The first kappa shape index (κ1) is 20.8. The third kappa shape index (κ3) is 4.21. The molecule has 0 bridgehead atoms. The number of benzene rings is 1. The highest BCUT2D eigenvalue weighted by Gasteiger charge is 2.52. The molecule has 3 aromatic rings. The van der Waals surface area contributed by atoms with Crippen LogP contribution in [0, 0.1) is 5.41 Å².